The molecule has 0 N–H and O–H groups in total. The molecule has 6 nitrogen and oxygen atoms in total. The first-order valence-electron chi connectivity index (χ1n) is 8.05. The maximum atomic E-state index is 13.0. The summed E-state index contributed by atoms with van der Waals surface area (Å²) in [5.74, 6) is -2.86. The average Bonchev–Trinajstić information content (AvgIpc) is 3.13. The Morgan fingerprint density at radius 1 is 1.10 bits per heavy atom. The van der Waals surface area contributed by atoms with E-state index in [9.17, 15) is 26.6 Å². The summed E-state index contributed by atoms with van der Waals surface area (Å²) < 4.78 is 71.0. The van der Waals surface area contributed by atoms with Crippen molar-refractivity contribution in [3.8, 4) is 11.4 Å². The smallest absolute Gasteiger partial charge is 0.329 e. The number of aromatic nitrogens is 2. The maximum Gasteiger partial charge on any atom is 0.471 e. The minimum Gasteiger partial charge on any atom is -0.329 e. The molecule has 0 aliphatic rings. The Kier molecular flexibility index (Phi) is 5.51. The molecule has 0 radical (unpaired) electrons. The van der Waals surface area contributed by atoms with Gasteiger partial charge in [0.15, 0.2) is 0 Å². The number of hydrogen-bond donors (Lipinski definition) is 0. The van der Waals surface area contributed by atoms with Gasteiger partial charge >= 0.3 is 12.1 Å². The van der Waals surface area contributed by atoms with Crippen LogP contribution in [0.4, 0.5) is 17.6 Å². The molecule has 3 aromatic rings. The molecule has 3 rings (SSSR count). The summed E-state index contributed by atoms with van der Waals surface area (Å²) in [4.78, 5) is 15.7. The zero-order valence-corrected chi connectivity index (χ0v) is 15.6. The monoisotopic (exact) mass is 427 g/mol. The second-order valence-corrected chi connectivity index (χ2v) is 8.30. The topological polar surface area (TPSA) is 85.4 Å². The number of carbonyl (C=O) groups excluding carboxylic acids is 1. The van der Waals surface area contributed by atoms with Crippen LogP contribution in [-0.4, -0.2) is 26.5 Å². The van der Waals surface area contributed by atoms with E-state index in [1.54, 1.807) is 0 Å². The number of alkyl halides is 3. The summed E-state index contributed by atoms with van der Waals surface area (Å²) in [5.41, 5.74) is 0.763. The normalized spacial score (nSPS) is 13.7. The summed E-state index contributed by atoms with van der Waals surface area (Å²) >= 11 is 0. The van der Waals surface area contributed by atoms with Crippen LogP contribution in [0.1, 0.15) is 11.5 Å². The van der Waals surface area contributed by atoms with Crippen molar-refractivity contribution in [2.45, 2.75) is 17.5 Å². The number of halogens is 4. The van der Waals surface area contributed by atoms with Crippen LogP contribution in [0.25, 0.3) is 11.4 Å². The van der Waals surface area contributed by atoms with Gasteiger partial charge in [0.25, 0.3) is 5.91 Å². The van der Waals surface area contributed by atoms with Gasteiger partial charge in [-0.25, -0.2) is 8.60 Å². The van der Waals surface area contributed by atoms with Crippen molar-refractivity contribution < 1.29 is 31.1 Å². The van der Waals surface area contributed by atoms with E-state index in [1.165, 1.54) is 42.7 Å². The molecule has 0 aliphatic heterocycles. The molecule has 0 fully saturated rings. The maximum absolute atomic E-state index is 13.0. The molecule has 0 bridgehead atoms. The standard InChI is InChI=1S/C18H13F4N3O3S/c1-29(27,14-8-6-13(19)7-9-14)25-15(26)10-11-2-4-12(5-3-11)16-23-17(28-24-16)18(20,21)22/h2-9H,10H2,1H3. The highest BCUT2D eigenvalue weighted by Crippen LogP contribution is 2.29. The first-order valence-corrected chi connectivity index (χ1v) is 9.98. The second-order valence-electron chi connectivity index (χ2n) is 6.04. The highest BCUT2D eigenvalue weighted by molar-refractivity contribution is 7.93. The molecular formula is C18H13F4N3O3S. The van der Waals surface area contributed by atoms with E-state index < -0.39 is 33.5 Å². The first kappa shape index (κ1) is 20.6. The number of benzene rings is 2. The average molecular weight is 427 g/mol. The Hall–Kier alpha value is -3.08. The van der Waals surface area contributed by atoms with E-state index in [0.29, 0.717) is 5.56 Å². The van der Waals surface area contributed by atoms with Crippen molar-refractivity contribution in [3.63, 3.8) is 0 Å². The molecule has 1 heterocycles. The van der Waals surface area contributed by atoms with Gasteiger partial charge in [-0.1, -0.05) is 29.4 Å². The summed E-state index contributed by atoms with van der Waals surface area (Å²) in [6.07, 6.45) is -3.64. The fraction of sp³-hybridized carbons (Fsp3) is 0.167. The molecule has 0 aliphatic carbocycles. The van der Waals surface area contributed by atoms with Gasteiger partial charge in [-0.3, -0.25) is 4.79 Å². The molecule has 1 aromatic heterocycles. The molecule has 2 aromatic carbocycles. The van der Waals surface area contributed by atoms with E-state index >= 15 is 0 Å². The van der Waals surface area contributed by atoms with Crippen molar-refractivity contribution in [3.05, 3.63) is 65.8 Å². The van der Waals surface area contributed by atoms with Crippen molar-refractivity contribution >= 4 is 15.6 Å². The Morgan fingerprint density at radius 3 is 2.28 bits per heavy atom. The number of hydrogen-bond acceptors (Lipinski definition) is 5. The van der Waals surface area contributed by atoms with Crippen LogP contribution in [-0.2, 0) is 27.1 Å². The Labute approximate surface area is 162 Å². The van der Waals surface area contributed by atoms with Crippen LogP contribution in [0, 0.1) is 5.82 Å². The lowest BCUT2D eigenvalue weighted by Gasteiger charge is -2.04. The van der Waals surface area contributed by atoms with E-state index in [4.69, 9.17) is 0 Å². The fourth-order valence-electron chi connectivity index (χ4n) is 2.37. The number of carbonyl (C=O) groups is 1. The lowest BCUT2D eigenvalue weighted by Crippen LogP contribution is -2.06. The summed E-state index contributed by atoms with van der Waals surface area (Å²) in [5, 5.41) is 3.28. The first-order chi connectivity index (χ1) is 13.5. The van der Waals surface area contributed by atoms with Crippen LogP contribution in [0.5, 0.6) is 0 Å². The molecule has 1 atom stereocenters. The quantitative estimate of drug-likeness (QED) is 0.585. The Bertz CT molecular complexity index is 1150. The predicted molar refractivity (Wildman–Crippen MR) is 94.6 cm³/mol. The number of rotatable bonds is 4. The highest BCUT2D eigenvalue weighted by atomic mass is 32.2. The third-order valence-electron chi connectivity index (χ3n) is 3.76. The van der Waals surface area contributed by atoms with Gasteiger partial charge in [-0.05, 0) is 29.8 Å². The van der Waals surface area contributed by atoms with Crippen LogP contribution < -0.4 is 0 Å². The lowest BCUT2D eigenvalue weighted by molar-refractivity contribution is -0.159. The molecule has 11 heteroatoms. The van der Waals surface area contributed by atoms with Gasteiger partial charge in [0, 0.05) is 16.7 Å². The van der Waals surface area contributed by atoms with E-state index in [0.717, 1.165) is 12.1 Å². The Balaban J connectivity index is 1.74. The van der Waals surface area contributed by atoms with Gasteiger partial charge in [0.05, 0.1) is 16.1 Å². The van der Waals surface area contributed by atoms with Crippen molar-refractivity contribution in [2.75, 3.05) is 6.26 Å². The molecule has 1 unspecified atom stereocenters. The third kappa shape index (κ3) is 5.05. The van der Waals surface area contributed by atoms with Crippen molar-refractivity contribution in [1.82, 2.24) is 10.1 Å². The van der Waals surface area contributed by atoms with E-state index in [2.05, 4.69) is 19.0 Å². The molecular weight excluding hydrogens is 414 g/mol. The van der Waals surface area contributed by atoms with E-state index in [1.807, 2.05) is 0 Å². The summed E-state index contributed by atoms with van der Waals surface area (Å²) in [6, 6.07) is 10.7. The van der Waals surface area contributed by atoms with Gasteiger partial charge in [-0.2, -0.15) is 22.5 Å². The van der Waals surface area contributed by atoms with Crippen LogP contribution in [0.2, 0.25) is 0 Å². The summed E-state index contributed by atoms with van der Waals surface area (Å²) in [7, 11) is -3.04. The SMILES string of the molecule is CS(=O)(=NC(=O)Cc1ccc(-c2noc(C(F)(F)F)n2)cc1)c1ccc(F)cc1. The number of amides is 1. The molecule has 29 heavy (non-hydrogen) atoms. The summed E-state index contributed by atoms with van der Waals surface area (Å²) in [6.45, 7) is 0. The zero-order valence-electron chi connectivity index (χ0n) is 14.8. The van der Waals surface area contributed by atoms with Crippen LogP contribution in [0.15, 0.2) is 62.3 Å². The minimum absolute atomic E-state index is 0.174. The zero-order chi connectivity index (χ0) is 21.2. The van der Waals surface area contributed by atoms with Gasteiger partial charge < -0.3 is 4.52 Å². The van der Waals surface area contributed by atoms with Gasteiger partial charge in [0.2, 0.25) is 5.82 Å². The molecule has 0 saturated carbocycles. The Morgan fingerprint density at radius 2 is 1.72 bits per heavy atom. The van der Waals surface area contributed by atoms with Crippen molar-refractivity contribution in [2.24, 2.45) is 4.36 Å². The molecule has 0 saturated heterocycles. The fourth-order valence-corrected chi connectivity index (χ4v) is 3.57. The largest absolute Gasteiger partial charge is 0.471 e. The van der Waals surface area contributed by atoms with Crippen LogP contribution in [0.3, 0.4) is 0 Å². The minimum atomic E-state index is -4.74. The second kappa shape index (κ2) is 7.74. The van der Waals surface area contributed by atoms with Gasteiger partial charge in [-0.15, -0.1) is 0 Å². The lowest BCUT2D eigenvalue weighted by atomic mass is 10.1. The molecule has 152 valence electrons. The number of nitrogens with zero attached hydrogens (tertiary/aromatic N) is 3. The highest BCUT2D eigenvalue weighted by Gasteiger charge is 2.38. The molecule has 0 spiro atoms. The van der Waals surface area contributed by atoms with E-state index in [-0.39, 0.29) is 22.7 Å². The molecule has 1 amide bonds. The predicted octanol–water partition coefficient (Wildman–Crippen LogP) is 4.12. The third-order valence-corrected chi connectivity index (χ3v) is 5.46. The van der Waals surface area contributed by atoms with Crippen molar-refractivity contribution in [1.29, 1.82) is 0 Å². The van der Waals surface area contributed by atoms with Gasteiger partial charge in [0.1, 0.15) is 5.82 Å². The van der Waals surface area contributed by atoms with Crippen LogP contribution >= 0.6 is 0 Å².